The Bertz CT molecular complexity index is 1440. The number of hydrogen-bond donors (Lipinski definition) is 0. The number of ether oxygens (including phenoxy) is 2. The van der Waals surface area contributed by atoms with Crippen LogP contribution < -0.4 is 9.47 Å². The molecule has 0 aliphatic carbocycles. The summed E-state index contributed by atoms with van der Waals surface area (Å²) in [5, 5.41) is 0. The van der Waals surface area contributed by atoms with Crippen molar-refractivity contribution in [3.8, 4) is 47.7 Å². The van der Waals surface area contributed by atoms with Crippen LogP contribution in [0.2, 0.25) is 0 Å². The van der Waals surface area contributed by atoms with E-state index in [0.717, 1.165) is 11.1 Å². The van der Waals surface area contributed by atoms with Crippen molar-refractivity contribution in [2.24, 2.45) is 9.98 Å². The summed E-state index contributed by atoms with van der Waals surface area (Å²) in [6.45, 7) is 0. The highest BCUT2D eigenvalue weighted by Gasteiger charge is 2.30. The highest BCUT2D eigenvalue weighted by molar-refractivity contribution is 5.57. The molecule has 4 aromatic carbocycles. The quantitative estimate of drug-likeness (QED) is 0.158. The standard InChI is InChI=1S/C31H18N2O4/c1-3-31(4-2,23-5-13-27(14-6-23)36-29-17-9-25(10-18-29)32-21-34)24-7-15-28(16-8-24)37-30-19-11-26(12-20-30)33-22-35/h1-2,5-20H. The summed E-state index contributed by atoms with van der Waals surface area (Å²) in [6, 6.07) is 27.9. The molecule has 0 saturated heterocycles. The van der Waals surface area contributed by atoms with Gasteiger partial charge in [-0.05, 0) is 83.9 Å². The van der Waals surface area contributed by atoms with Gasteiger partial charge in [0, 0.05) is 0 Å². The van der Waals surface area contributed by atoms with Crippen LogP contribution >= 0.6 is 0 Å². The minimum absolute atomic E-state index is 0.490. The maximum absolute atomic E-state index is 10.4. The molecule has 0 bridgehead atoms. The summed E-state index contributed by atoms with van der Waals surface area (Å²) in [4.78, 5) is 27.8. The number of terminal acetylenes is 2. The third kappa shape index (κ3) is 5.54. The lowest BCUT2D eigenvalue weighted by Crippen LogP contribution is -2.23. The van der Waals surface area contributed by atoms with E-state index in [1.807, 2.05) is 24.3 Å². The molecule has 0 heterocycles. The van der Waals surface area contributed by atoms with E-state index in [1.165, 1.54) is 12.2 Å². The molecule has 37 heavy (non-hydrogen) atoms. The van der Waals surface area contributed by atoms with Gasteiger partial charge in [-0.15, -0.1) is 12.8 Å². The molecule has 0 amide bonds. The number of isocyanates is 2. The lowest BCUT2D eigenvalue weighted by molar-refractivity contribution is 0.482. The smallest absolute Gasteiger partial charge is 0.240 e. The molecule has 0 unspecified atom stereocenters. The van der Waals surface area contributed by atoms with Crippen LogP contribution in [0, 0.1) is 24.7 Å². The van der Waals surface area contributed by atoms with Gasteiger partial charge in [0.05, 0.1) is 11.4 Å². The highest BCUT2D eigenvalue weighted by Crippen LogP contribution is 2.35. The number of benzene rings is 4. The van der Waals surface area contributed by atoms with Gasteiger partial charge in [-0.1, -0.05) is 36.1 Å². The highest BCUT2D eigenvalue weighted by atomic mass is 16.5. The lowest BCUT2D eigenvalue weighted by Gasteiger charge is -2.24. The molecular weight excluding hydrogens is 464 g/mol. The van der Waals surface area contributed by atoms with Crippen LogP contribution in [0.15, 0.2) is 107 Å². The van der Waals surface area contributed by atoms with Crippen LogP contribution in [0.1, 0.15) is 11.1 Å². The van der Waals surface area contributed by atoms with Crippen molar-refractivity contribution in [1.82, 2.24) is 0 Å². The van der Waals surface area contributed by atoms with Crippen LogP contribution in [-0.4, -0.2) is 12.2 Å². The van der Waals surface area contributed by atoms with Crippen LogP contribution in [0.5, 0.6) is 23.0 Å². The second-order valence-corrected chi connectivity index (χ2v) is 7.69. The van der Waals surface area contributed by atoms with Gasteiger partial charge in [0.15, 0.2) is 0 Å². The van der Waals surface area contributed by atoms with Crippen molar-refractivity contribution in [1.29, 1.82) is 0 Å². The van der Waals surface area contributed by atoms with Crippen LogP contribution in [-0.2, 0) is 15.0 Å². The van der Waals surface area contributed by atoms with E-state index < -0.39 is 5.41 Å². The predicted molar refractivity (Wildman–Crippen MR) is 140 cm³/mol. The lowest BCUT2D eigenvalue weighted by atomic mass is 9.76. The van der Waals surface area contributed by atoms with Gasteiger partial charge in [0.1, 0.15) is 28.4 Å². The molecule has 0 saturated carbocycles. The zero-order chi connectivity index (χ0) is 26.1. The summed E-state index contributed by atoms with van der Waals surface area (Å²) in [5.41, 5.74) is 1.36. The summed E-state index contributed by atoms with van der Waals surface area (Å²) in [5.74, 6) is 7.89. The Balaban J connectivity index is 1.52. The fraction of sp³-hybridized carbons (Fsp3) is 0.0323. The average Bonchev–Trinajstić information content (AvgIpc) is 2.94. The normalized spacial score (nSPS) is 10.1. The van der Waals surface area contributed by atoms with Gasteiger partial charge >= 0.3 is 0 Å². The third-order valence-electron chi connectivity index (χ3n) is 5.50. The topological polar surface area (TPSA) is 77.3 Å². The maximum Gasteiger partial charge on any atom is 0.240 e. The molecule has 4 aromatic rings. The Morgan fingerprint density at radius 1 is 0.514 bits per heavy atom. The van der Waals surface area contributed by atoms with Gasteiger partial charge in [-0.2, -0.15) is 9.98 Å². The number of carbonyl (C=O) groups excluding carboxylic acids is 2. The Kier molecular flexibility index (Phi) is 7.40. The van der Waals surface area contributed by atoms with E-state index in [9.17, 15) is 9.59 Å². The Morgan fingerprint density at radius 3 is 1.08 bits per heavy atom. The molecule has 176 valence electrons. The first kappa shape index (κ1) is 24.5. The molecule has 4 rings (SSSR count). The SMILES string of the molecule is C#CC(C#C)(c1ccc(Oc2ccc(N=C=O)cc2)cc1)c1ccc(Oc2ccc(N=C=O)cc2)cc1. The van der Waals surface area contributed by atoms with Crippen molar-refractivity contribution in [2.45, 2.75) is 5.41 Å². The van der Waals surface area contributed by atoms with Gasteiger partial charge in [0.2, 0.25) is 12.2 Å². The van der Waals surface area contributed by atoms with E-state index in [-0.39, 0.29) is 0 Å². The van der Waals surface area contributed by atoms with Crippen molar-refractivity contribution >= 4 is 23.5 Å². The number of rotatable bonds is 8. The minimum atomic E-state index is -1.10. The fourth-order valence-electron chi connectivity index (χ4n) is 3.64. The van der Waals surface area contributed by atoms with Crippen molar-refractivity contribution < 1.29 is 19.1 Å². The molecule has 6 nitrogen and oxygen atoms in total. The molecule has 0 radical (unpaired) electrons. The molecule has 0 aliphatic heterocycles. The third-order valence-corrected chi connectivity index (χ3v) is 5.50. The van der Waals surface area contributed by atoms with E-state index in [0.29, 0.717) is 34.4 Å². The first-order valence-electron chi connectivity index (χ1n) is 11.0. The fourth-order valence-corrected chi connectivity index (χ4v) is 3.64. The first-order chi connectivity index (χ1) is 18.1. The summed E-state index contributed by atoms with van der Waals surface area (Å²) in [7, 11) is 0. The maximum atomic E-state index is 10.4. The second-order valence-electron chi connectivity index (χ2n) is 7.69. The molecule has 0 atom stereocenters. The summed E-state index contributed by atoms with van der Waals surface area (Å²) >= 11 is 0. The zero-order valence-corrected chi connectivity index (χ0v) is 19.4. The minimum Gasteiger partial charge on any atom is -0.457 e. The van der Waals surface area contributed by atoms with E-state index in [4.69, 9.17) is 22.3 Å². The van der Waals surface area contributed by atoms with Crippen LogP contribution in [0.25, 0.3) is 0 Å². The molecule has 6 heteroatoms. The number of aliphatic imine (C=N–C) groups is 2. The predicted octanol–water partition coefficient (Wildman–Crippen LogP) is 6.76. The van der Waals surface area contributed by atoms with Crippen molar-refractivity contribution in [3.63, 3.8) is 0 Å². The Labute approximate surface area is 213 Å². The zero-order valence-electron chi connectivity index (χ0n) is 19.4. The number of nitrogens with zero attached hydrogens (tertiary/aromatic N) is 2. The summed E-state index contributed by atoms with van der Waals surface area (Å²) < 4.78 is 11.7. The van der Waals surface area contributed by atoms with Gasteiger partial charge in [0.25, 0.3) is 0 Å². The second kappa shape index (κ2) is 11.2. The van der Waals surface area contributed by atoms with E-state index in [1.54, 1.807) is 72.8 Å². The molecule has 0 N–H and O–H groups in total. The molecular formula is C31H18N2O4. The number of hydrogen-bond acceptors (Lipinski definition) is 6. The van der Waals surface area contributed by atoms with E-state index in [2.05, 4.69) is 21.8 Å². The van der Waals surface area contributed by atoms with Crippen molar-refractivity contribution in [3.05, 3.63) is 108 Å². The molecule has 0 fully saturated rings. The summed E-state index contributed by atoms with van der Waals surface area (Å²) in [6.07, 6.45) is 14.9. The molecule has 0 aromatic heterocycles. The van der Waals surface area contributed by atoms with Crippen molar-refractivity contribution in [2.75, 3.05) is 0 Å². The first-order valence-corrected chi connectivity index (χ1v) is 11.0. The molecule has 0 spiro atoms. The Hall–Kier alpha value is -5.64. The van der Waals surface area contributed by atoms with E-state index >= 15 is 0 Å². The van der Waals surface area contributed by atoms with Gasteiger partial charge in [-0.25, -0.2) is 9.59 Å². The monoisotopic (exact) mass is 482 g/mol. The van der Waals surface area contributed by atoms with Gasteiger partial charge in [-0.3, -0.25) is 0 Å². The van der Waals surface area contributed by atoms with Gasteiger partial charge < -0.3 is 9.47 Å². The molecule has 0 aliphatic rings. The van der Waals surface area contributed by atoms with Crippen LogP contribution in [0.4, 0.5) is 11.4 Å². The van der Waals surface area contributed by atoms with Crippen LogP contribution in [0.3, 0.4) is 0 Å². The Morgan fingerprint density at radius 2 is 0.811 bits per heavy atom. The average molecular weight is 482 g/mol. The largest absolute Gasteiger partial charge is 0.457 e.